The van der Waals surface area contributed by atoms with E-state index in [1.165, 1.54) is 0 Å². The fourth-order valence-electron chi connectivity index (χ4n) is 3.49. The first kappa shape index (κ1) is 21.3. The summed E-state index contributed by atoms with van der Waals surface area (Å²) in [6.45, 7) is 3.23. The van der Waals surface area contributed by atoms with E-state index in [0.29, 0.717) is 33.9 Å². The molecule has 32 heavy (non-hydrogen) atoms. The van der Waals surface area contributed by atoms with Crippen molar-refractivity contribution < 1.29 is 23.9 Å². The van der Waals surface area contributed by atoms with Crippen molar-refractivity contribution in [2.75, 3.05) is 11.9 Å². The number of hydrogen-bond donors (Lipinski definition) is 1. The van der Waals surface area contributed by atoms with Crippen LogP contribution >= 0.6 is 0 Å². The van der Waals surface area contributed by atoms with E-state index < -0.39 is 11.9 Å². The second-order valence-electron chi connectivity index (χ2n) is 7.86. The highest BCUT2D eigenvalue weighted by molar-refractivity contribution is 5.99. The van der Waals surface area contributed by atoms with Gasteiger partial charge in [0.15, 0.2) is 12.4 Å². The molecule has 1 N–H and O–H groups in total. The number of fused-ring (bicyclic) bond motifs is 2. The van der Waals surface area contributed by atoms with E-state index >= 15 is 0 Å². The number of amides is 1. The molecule has 0 saturated carbocycles. The predicted octanol–water partition coefficient (Wildman–Crippen LogP) is 4.94. The first-order chi connectivity index (χ1) is 15.4. The third-order valence-corrected chi connectivity index (χ3v) is 5.26. The third-order valence-electron chi connectivity index (χ3n) is 5.26. The summed E-state index contributed by atoms with van der Waals surface area (Å²) in [5, 5.41) is 2.77. The maximum absolute atomic E-state index is 13.0. The number of benzene rings is 3. The number of hydrogen-bond acceptors (Lipinski definition) is 5. The predicted molar refractivity (Wildman–Crippen MR) is 120 cm³/mol. The molecule has 3 aromatic carbocycles. The van der Waals surface area contributed by atoms with Gasteiger partial charge >= 0.3 is 5.97 Å². The van der Waals surface area contributed by atoms with Crippen LogP contribution in [0.25, 0.3) is 0 Å². The largest absolute Gasteiger partial charge is 0.457 e. The molecule has 162 valence electrons. The van der Waals surface area contributed by atoms with Crippen molar-refractivity contribution in [3.05, 3.63) is 89.5 Å². The number of carbonyl (C=O) groups excluding carboxylic acids is 3. The van der Waals surface area contributed by atoms with Crippen LogP contribution in [0, 0.1) is 5.92 Å². The van der Waals surface area contributed by atoms with Gasteiger partial charge in [-0.1, -0.05) is 50.2 Å². The lowest BCUT2D eigenvalue weighted by Gasteiger charge is -2.26. The van der Waals surface area contributed by atoms with Gasteiger partial charge in [-0.25, -0.2) is 0 Å². The summed E-state index contributed by atoms with van der Waals surface area (Å²) in [4.78, 5) is 37.4. The molecule has 6 heteroatoms. The highest BCUT2D eigenvalue weighted by Crippen LogP contribution is 2.44. The number of nitrogens with one attached hydrogen (secondary N) is 1. The Hall–Kier alpha value is -3.93. The van der Waals surface area contributed by atoms with Crippen molar-refractivity contribution in [1.82, 2.24) is 0 Å². The molecule has 0 spiro atoms. The summed E-state index contributed by atoms with van der Waals surface area (Å²) in [6, 6.07) is 21.1. The Morgan fingerprint density at radius 2 is 1.44 bits per heavy atom. The Kier molecular flexibility index (Phi) is 6.03. The summed E-state index contributed by atoms with van der Waals surface area (Å²) in [6.07, 6.45) is 0. The van der Waals surface area contributed by atoms with Crippen LogP contribution < -0.4 is 10.1 Å². The van der Waals surface area contributed by atoms with Gasteiger partial charge in [0.1, 0.15) is 17.4 Å². The zero-order valence-electron chi connectivity index (χ0n) is 17.8. The van der Waals surface area contributed by atoms with Gasteiger partial charge in [-0.05, 0) is 36.4 Å². The van der Waals surface area contributed by atoms with E-state index in [1.54, 1.807) is 50.2 Å². The minimum absolute atomic E-state index is 0.102. The number of ether oxygens (including phenoxy) is 2. The van der Waals surface area contributed by atoms with Gasteiger partial charge in [0.05, 0.1) is 0 Å². The lowest BCUT2D eigenvalue weighted by atomic mass is 9.88. The molecule has 0 saturated heterocycles. The molecule has 0 radical (unpaired) electrons. The van der Waals surface area contributed by atoms with E-state index in [4.69, 9.17) is 9.47 Å². The molecule has 3 aromatic rings. The summed E-state index contributed by atoms with van der Waals surface area (Å²) >= 11 is 0. The van der Waals surface area contributed by atoms with E-state index in [0.717, 1.165) is 0 Å². The first-order valence-electron chi connectivity index (χ1n) is 10.4. The quantitative estimate of drug-likeness (QED) is 0.443. The minimum atomic E-state index is -0.669. The van der Waals surface area contributed by atoms with Crippen LogP contribution in [-0.2, 0) is 14.3 Å². The number of carbonyl (C=O) groups is 3. The smallest absolute Gasteiger partial charge is 0.318 e. The molecular weight excluding hydrogens is 406 g/mol. The van der Waals surface area contributed by atoms with Crippen LogP contribution in [0.1, 0.15) is 41.3 Å². The Morgan fingerprint density at radius 1 is 0.875 bits per heavy atom. The van der Waals surface area contributed by atoms with Gasteiger partial charge in [0.25, 0.3) is 0 Å². The van der Waals surface area contributed by atoms with Gasteiger partial charge in [0.2, 0.25) is 5.91 Å². The Morgan fingerprint density at radius 3 is 2.00 bits per heavy atom. The lowest BCUT2D eigenvalue weighted by Crippen LogP contribution is -2.23. The molecular formula is C26H23NO5. The van der Waals surface area contributed by atoms with Crippen molar-refractivity contribution in [3.63, 3.8) is 0 Å². The molecule has 1 aliphatic heterocycles. The first-order valence-corrected chi connectivity index (χ1v) is 10.4. The van der Waals surface area contributed by atoms with E-state index in [2.05, 4.69) is 5.32 Å². The standard InChI is InChI=1S/C26H23NO5/c1-16(2)25(29)27-18-13-11-17(12-14-18)21(28)15-31-26(30)24-19-7-3-5-9-22(19)32-23-10-6-4-8-20(23)24/h3-14,16,24H,15H2,1-2H3,(H,27,29). The van der Waals surface area contributed by atoms with Crippen LogP contribution in [-0.4, -0.2) is 24.3 Å². The second-order valence-corrected chi connectivity index (χ2v) is 7.86. The summed E-state index contributed by atoms with van der Waals surface area (Å²) in [5.74, 6) is -0.558. The minimum Gasteiger partial charge on any atom is -0.457 e. The number of esters is 1. The SMILES string of the molecule is CC(C)C(=O)Nc1ccc(C(=O)COC(=O)C2c3ccccc3Oc3ccccc32)cc1. The maximum atomic E-state index is 13.0. The Bertz CT molecular complexity index is 1120. The Balaban J connectivity index is 1.45. The van der Waals surface area contributed by atoms with E-state index in [9.17, 15) is 14.4 Å². The molecule has 0 aliphatic carbocycles. The van der Waals surface area contributed by atoms with Crippen molar-refractivity contribution >= 4 is 23.3 Å². The van der Waals surface area contributed by atoms with Crippen molar-refractivity contribution in [3.8, 4) is 11.5 Å². The summed E-state index contributed by atoms with van der Waals surface area (Å²) in [5.41, 5.74) is 2.41. The maximum Gasteiger partial charge on any atom is 0.318 e. The molecule has 0 bridgehead atoms. The number of para-hydroxylation sites is 2. The molecule has 6 nitrogen and oxygen atoms in total. The molecule has 1 heterocycles. The number of ketones is 1. The normalized spacial score (nSPS) is 12.3. The highest BCUT2D eigenvalue weighted by Gasteiger charge is 2.33. The average molecular weight is 429 g/mol. The zero-order valence-corrected chi connectivity index (χ0v) is 17.8. The monoisotopic (exact) mass is 429 g/mol. The van der Waals surface area contributed by atoms with Crippen molar-refractivity contribution in [1.29, 1.82) is 0 Å². The van der Waals surface area contributed by atoms with Crippen molar-refractivity contribution in [2.45, 2.75) is 19.8 Å². The molecule has 1 amide bonds. The van der Waals surface area contributed by atoms with Gasteiger partial charge < -0.3 is 14.8 Å². The molecule has 0 atom stereocenters. The molecule has 4 rings (SSSR count). The van der Waals surface area contributed by atoms with E-state index in [1.807, 2.05) is 36.4 Å². The van der Waals surface area contributed by atoms with Gasteiger partial charge in [-0.3, -0.25) is 14.4 Å². The lowest BCUT2D eigenvalue weighted by molar-refractivity contribution is -0.143. The molecule has 0 aromatic heterocycles. The number of rotatable bonds is 6. The van der Waals surface area contributed by atoms with Gasteiger partial charge in [-0.2, -0.15) is 0 Å². The van der Waals surface area contributed by atoms with E-state index in [-0.39, 0.29) is 24.2 Å². The topological polar surface area (TPSA) is 81.7 Å². The fraction of sp³-hybridized carbons (Fsp3) is 0.192. The third kappa shape index (κ3) is 4.39. The summed E-state index contributed by atoms with van der Waals surface area (Å²) in [7, 11) is 0. The molecule has 0 fully saturated rings. The number of anilines is 1. The van der Waals surface area contributed by atoms with Crippen LogP contribution in [0.5, 0.6) is 11.5 Å². The van der Waals surface area contributed by atoms with Gasteiger partial charge in [-0.15, -0.1) is 0 Å². The van der Waals surface area contributed by atoms with Crippen LogP contribution in [0.3, 0.4) is 0 Å². The molecule has 1 aliphatic rings. The average Bonchev–Trinajstić information content (AvgIpc) is 2.81. The number of Topliss-reactive ketones (excluding diaryl/α,β-unsaturated/α-hetero) is 1. The highest BCUT2D eigenvalue weighted by atomic mass is 16.5. The van der Waals surface area contributed by atoms with Crippen LogP contribution in [0.4, 0.5) is 5.69 Å². The zero-order chi connectivity index (χ0) is 22.7. The van der Waals surface area contributed by atoms with Crippen molar-refractivity contribution in [2.24, 2.45) is 5.92 Å². The van der Waals surface area contributed by atoms with Crippen LogP contribution in [0.2, 0.25) is 0 Å². The second kappa shape index (κ2) is 9.06. The van der Waals surface area contributed by atoms with Crippen LogP contribution in [0.15, 0.2) is 72.8 Å². The van der Waals surface area contributed by atoms with Gasteiger partial charge in [0, 0.05) is 28.3 Å². The summed E-state index contributed by atoms with van der Waals surface area (Å²) < 4.78 is 11.3. The fourth-order valence-corrected chi connectivity index (χ4v) is 3.49. The molecule has 0 unspecified atom stereocenters. The Labute approximate surface area is 186 Å².